The molecule has 0 N–H and O–H groups in total. The summed E-state index contributed by atoms with van der Waals surface area (Å²) in [4.78, 5) is 2.41. The van der Waals surface area contributed by atoms with Crippen LogP contribution in [0, 0.1) is 0 Å². The molecule has 0 unspecified atom stereocenters. The highest BCUT2D eigenvalue weighted by atomic mass is 16.3. The summed E-state index contributed by atoms with van der Waals surface area (Å²) in [7, 11) is 0. The topological polar surface area (TPSA) is 29.5 Å². The molecule has 0 spiro atoms. The minimum atomic E-state index is -0.568. The molecule has 0 saturated heterocycles. The van der Waals surface area contributed by atoms with Crippen LogP contribution in [0.1, 0.15) is 22.3 Å². The van der Waals surface area contributed by atoms with Gasteiger partial charge in [-0.3, -0.25) is 0 Å². The van der Waals surface area contributed by atoms with Crippen LogP contribution in [0.3, 0.4) is 0 Å². The van der Waals surface area contributed by atoms with Gasteiger partial charge in [-0.2, -0.15) is 0 Å². The molecule has 300 valence electrons. The van der Waals surface area contributed by atoms with Crippen LogP contribution in [0.15, 0.2) is 245 Å². The Hall–Kier alpha value is -8.40. The minimum absolute atomic E-state index is 0.568. The molecule has 0 atom stereocenters. The van der Waals surface area contributed by atoms with Crippen molar-refractivity contribution in [2.24, 2.45) is 0 Å². The molecule has 0 fully saturated rings. The van der Waals surface area contributed by atoms with Gasteiger partial charge in [-0.15, -0.1) is 0 Å². The summed E-state index contributed by atoms with van der Waals surface area (Å²) in [5, 5.41) is 4.28. The Morgan fingerprint density at radius 2 is 0.859 bits per heavy atom. The van der Waals surface area contributed by atoms with Crippen LogP contribution in [0.5, 0.6) is 0 Å². The fourth-order valence-electron chi connectivity index (χ4n) is 10.6. The van der Waals surface area contributed by atoms with E-state index < -0.39 is 5.41 Å². The SMILES string of the molecule is c1ccc(-c2cccc3c2oc2cc(N(c4ccc5c(c4)C(c4ccccc4)(c4ccccc4)c4ccccc4-5)c4ccc(-c5ccccc5)c5oc6ccccc6c45)ccc23)cc1. The van der Waals surface area contributed by atoms with Gasteiger partial charge in [0.05, 0.1) is 16.5 Å². The lowest BCUT2D eigenvalue weighted by Crippen LogP contribution is -2.28. The summed E-state index contributed by atoms with van der Waals surface area (Å²) in [6, 6.07) is 85.1. The van der Waals surface area contributed by atoms with Crippen LogP contribution in [-0.4, -0.2) is 0 Å². The van der Waals surface area contributed by atoms with Crippen molar-refractivity contribution in [1.82, 2.24) is 0 Å². The maximum absolute atomic E-state index is 6.94. The number of furan rings is 2. The molecule has 3 heteroatoms. The van der Waals surface area contributed by atoms with Crippen molar-refractivity contribution in [2.45, 2.75) is 5.41 Å². The zero-order valence-electron chi connectivity index (χ0n) is 34.8. The van der Waals surface area contributed by atoms with Gasteiger partial charge in [0.2, 0.25) is 0 Å². The fourth-order valence-corrected chi connectivity index (χ4v) is 10.6. The Kier molecular flexibility index (Phi) is 8.13. The summed E-state index contributed by atoms with van der Waals surface area (Å²) in [5.41, 5.74) is 17.7. The van der Waals surface area contributed by atoms with Crippen molar-refractivity contribution < 1.29 is 8.83 Å². The number of hydrogen-bond acceptors (Lipinski definition) is 3. The maximum atomic E-state index is 6.94. The molecule has 0 aliphatic heterocycles. The molecule has 13 rings (SSSR count). The van der Waals surface area contributed by atoms with E-state index in [1.165, 1.54) is 33.4 Å². The van der Waals surface area contributed by atoms with Gasteiger partial charge in [0, 0.05) is 44.7 Å². The third-order valence-corrected chi connectivity index (χ3v) is 13.4. The third-order valence-electron chi connectivity index (χ3n) is 13.4. The van der Waals surface area contributed by atoms with Gasteiger partial charge in [-0.05, 0) is 87.0 Å². The highest BCUT2D eigenvalue weighted by Crippen LogP contribution is 2.58. The van der Waals surface area contributed by atoms with Crippen molar-refractivity contribution in [3.05, 3.63) is 259 Å². The van der Waals surface area contributed by atoms with Crippen LogP contribution in [-0.2, 0) is 5.41 Å². The number of rotatable bonds is 7. The predicted molar refractivity (Wildman–Crippen MR) is 264 cm³/mol. The predicted octanol–water partition coefficient (Wildman–Crippen LogP) is 16.7. The molecular weight excluding hydrogens is 779 g/mol. The first-order valence-corrected chi connectivity index (χ1v) is 21.9. The van der Waals surface area contributed by atoms with Crippen LogP contribution in [0.2, 0.25) is 0 Å². The molecule has 2 heterocycles. The van der Waals surface area contributed by atoms with Gasteiger partial charge in [-0.25, -0.2) is 0 Å². The number of benzene rings is 10. The monoisotopic (exact) mass is 817 g/mol. The number of anilines is 3. The first-order valence-electron chi connectivity index (χ1n) is 21.9. The lowest BCUT2D eigenvalue weighted by molar-refractivity contribution is 0.670. The van der Waals surface area contributed by atoms with Crippen LogP contribution < -0.4 is 4.90 Å². The lowest BCUT2D eigenvalue weighted by atomic mass is 9.67. The Morgan fingerprint density at radius 1 is 0.328 bits per heavy atom. The lowest BCUT2D eigenvalue weighted by Gasteiger charge is -2.35. The summed E-state index contributed by atoms with van der Waals surface area (Å²) in [5.74, 6) is 0. The second-order valence-corrected chi connectivity index (χ2v) is 16.7. The van der Waals surface area contributed by atoms with Crippen LogP contribution in [0.4, 0.5) is 17.1 Å². The average molecular weight is 818 g/mol. The second-order valence-electron chi connectivity index (χ2n) is 16.7. The normalized spacial score (nSPS) is 12.8. The van der Waals surface area contributed by atoms with E-state index in [9.17, 15) is 0 Å². The number of para-hydroxylation sites is 2. The summed E-state index contributed by atoms with van der Waals surface area (Å²) < 4.78 is 13.8. The molecule has 0 saturated carbocycles. The van der Waals surface area contributed by atoms with Gasteiger partial charge in [0.15, 0.2) is 0 Å². The first-order chi connectivity index (χ1) is 31.8. The van der Waals surface area contributed by atoms with E-state index in [1.54, 1.807) is 0 Å². The van der Waals surface area contributed by atoms with E-state index in [0.717, 1.165) is 83.2 Å². The van der Waals surface area contributed by atoms with E-state index in [0.29, 0.717) is 0 Å². The van der Waals surface area contributed by atoms with Gasteiger partial charge in [-0.1, -0.05) is 188 Å². The van der Waals surface area contributed by atoms with E-state index in [2.05, 4.69) is 241 Å². The van der Waals surface area contributed by atoms with E-state index in [1.807, 2.05) is 0 Å². The quantitative estimate of drug-likeness (QED) is 0.160. The van der Waals surface area contributed by atoms with E-state index in [4.69, 9.17) is 8.83 Å². The van der Waals surface area contributed by atoms with Crippen LogP contribution in [0.25, 0.3) is 77.3 Å². The number of hydrogen-bond donors (Lipinski definition) is 0. The molecule has 64 heavy (non-hydrogen) atoms. The van der Waals surface area contributed by atoms with E-state index in [-0.39, 0.29) is 0 Å². The largest absolute Gasteiger partial charge is 0.455 e. The molecule has 10 aromatic carbocycles. The van der Waals surface area contributed by atoms with Crippen molar-refractivity contribution in [3.63, 3.8) is 0 Å². The van der Waals surface area contributed by atoms with Gasteiger partial charge >= 0.3 is 0 Å². The Labute approximate surface area is 370 Å². The van der Waals surface area contributed by atoms with Crippen LogP contribution >= 0.6 is 0 Å². The Morgan fingerprint density at radius 3 is 1.59 bits per heavy atom. The first kappa shape index (κ1) is 36.3. The van der Waals surface area contributed by atoms with Gasteiger partial charge in [0.1, 0.15) is 22.3 Å². The number of nitrogens with zero attached hydrogens (tertiary/aromatic N) is 1. The molecule has 0 bridgehead atoms. The Bertz CT molecular complexity index is 3680. The molecule has 0 radical (unpaired) electrons. The standard InChI is InChI=1S/C61H39NO2/c1-5-18-40(19-6-1)46-28-17-29-51-50-35-33-45(39-57(50)64-59(46)51)62(55-37-36-47(41-20-7-2-8-21-41)60-58(55)52-27-14-16-31-56(52)63-60)44-32-34-49-48-26-13-15-30-53(48)61(54(49)38-44,42-22-9-3-10-23-42)43-24-11-4-12-25-43/h1-39H. The molecule has 2 aromatic heterocycles. The Balaban J connectivity index is 1.11. The second kappa shape index (κ2) is 14.3. The molecule has 1 aliphatic rings. The van der Waals surface area contributed by atoms with Crippen molar-refractivity contribution >= 4 is 60.9 Å². The molecule has 1 aliphatic carbocycles. The zero-order chi connectivity index (χ0) is 42.2. The fraction of sp³-hybridized carbons (Fsp3) is 0.0164. The van der Waals surface area contributed by atoms with Crippen molar-refractivity contribution in [1.29, 1.82) is 0 Å². The smallest absolute Gasteiger partial charge is 0.145 e. The average Bonchev–Trinajstić information content (AvgIpc) is 4.04. The third kappa shape index (κ3) is 5.34. The highest BCUT2D eigenvalue weighted by molar-refractivity contribution is 6.18. The number of fused-ring (bicyclic) bond motifs is 9. The highest BCUT2D eigenvalue weighted by Gasteiger charge is 2.46. The summed E-state index contributed by atoms with van der Waals surface area (Å²) in [6.07, 6.45) is 0. The minimum Gasteiger partial charge on any atom is -0.455 e. The van der Waals surface area contributed by atoms with Crippen molar-refractivity contribution in [2.75, 3.05) is 4.90 Å². The maximum Gasteiger partial charge on any atom is 0.145 e. The molecular formula is C61H39NO2. The molecule has 3 nitrogen and oxygen atoms in total. The molecule has 12 aromatic rings. The van der Waals surface area contributed by atoms with Gasteiger partial charge in [0.25, 0.3) is 0 Å². The van der Waals surface area contributed by atoms with E-state index >= 15 is 0 Å². The summed E-state index contributed by atoms with van der Waals surface area (Å²) in [6.45, 7) is 0. The molecule has 0 amide bonds. The van der Waals surface area contributed by atoms with Gasteiger partial charge < -0.3 is 13.7 Å². The van der Waals surface area contributed by atoms with Crippen molar-refractivity contribution in [3.8, 4) is 33.4 Å². The zero-order valence-corrected chi connectivity index (χ0v) is 34.8. The summed E-state index contributed by atoms with van der Waals surface area (Å²) >= 11 is 0.